The highest BCUT2D eigenvalue weighted by Crippen LogP contribution is 2.55. The van der Waals surface area contributed by atoms with Crippen molar-refractivity contribution in [3.8, 4) is 33.7 Å². The van der Waals surface area contributed by atoms with Crippen LogP contribution in [0.1, 0.15) is 137 Å². The highest BCUT2D eigenvalue weighted by Gasteiger charge is 2.44. The molecule has 2 fully saturated rings. The molecular formula is C73H52BF14N3O9. The van der Waals surface area contributed by atoms with Gasteiger partial charge in [-0.3, -0.25) is 28.0 Å². The molecule has 0 N–H and O–H groups in total. The summed E-state index contributed by atoms with van der Waals surface area (Å²) in [6.07, 6.45) is -19.7. The Hall–Kier alpha value is -10.3. The summed E-state index contributed by atoms with van der Waals surface area (Å²) in [6, 6.07) is 16.5. The Morgan fingerprint density at radius 2 is 1.09 bits per heavy atom. The molecule has 0 atom stereocenters. The van der Waals surface area contributed by atoms with Crippen molar-refractivity contribution in [2.45, 2.75) is 110 Å². The number of benzene rings is 7. The van der Waals surface area contributed by atoms with Gasteiger partial charge in [-0.25, -0.2) is 14.2 Å². The number of esters is 3. The molecule has 0 saturated heterocycles. The third-order valence-electron chi connectivity index (χ3n) is 18.3. The molecule has 0 amide bonds. The average molecular weight is 1390 g/mol. The van der Waals surface area contributed by atoms with Gasteiger partial charge in [0.15, 0.2) is 0 Å². The summed E-state index contributed by atoms with van der Waals surface area (Å²) >= 11 is 0. The van der Waals surface area contributed by atoms with Gasteiger partial charge < -0.3 is 23.1 Å². The zero-order valence-corrected chi connectivity index (χ0v) is 53.4. The minimum absolute atomic E-state index is 0.0175. The van der Waals surface area contributed by atoms with Crippen LogP contribution in [-0.4, -0.2) is 53.3 Å². The quantitative estimate of drug-likeness (QED) is 0.0244. The van der Waals surface area contributed by atoms with Crippen molar-refractivity contribution in [2.24, 2.45) is 4.99 Å². The van der Waals surface area contributed by atoms with E-state index in [4.69, 9.17) is 23.6 Å². The summed E-state index contributed by atoms with van der Waals surface area (Å²) in [4.78, 5) is 76.8. The summed E-state index contributed by atoms with van der Waals surface area (Å²) in [6.45, 7) is 9.26. The maximum absolute atomic E-state index is 15.8. The van der Waals surface area contributed by atoms with E-state index in [1.165, 1.54) is 62.4 Å². The van der Waals surface area contributed by atoms with Crippen LogP contribution in [0.2, 0.25) is 0 Å². The number of nitrogens with zero attached hydrogens (tertiary/aromatic N) is 3. The predicted molar refractivity (Wildman–Crippen MR) is 344 cm³/mol. The molecule has 27 heteroatoms. The molecule has 0 spiro atoms. The number of hydrogen-bond acceptors (Lipinski definition) is 10. The van der Waals surface area contributed by atoms with E-state index in [9.17, 15) is 67.1 Å². The molecule has 2 saturated carbocycles. The summed E-state index contributed by atoms with van der Waals surface area (Å²) < 4.78 is 232. The lowest BCUT2D eigenvalue weighted by Crippen LogP contribution is -2.32. The van der Waals surface area contributed by atoms with Crippen LogP contribution in [0.25, 0.3) is 77.0 Å². The maximum Gasteiger partial charge on any atom is 0.677 e. The number of fused-ring (bicyclic) bond motifs is 2. The molecule has 3 aromatic heterocycles. The Labute approximate surface area is 557 Å². The Balaban J connectivity index is 0.953. The van der Waals surface area contributed by atoms with E-state index < -0.39 is 134 Å². The van der Waals surface area contributed by atoms with Crippen molar-refractivity contribution in [2.75, 3.05) is 13.2 Å². The van der Waals surface area contributed by atoms with Crippen LogP contribution < -0.4 is 15.9 Å². The van der Waals surface area contributed by atoms with Crippen molar-refractivity contribution in [3.05, 3.63) is 214 Å². The van der Waals surface area contributed by atoms with Crippen LogP contribution in [0.15, 0.2) is 145 Å². The van der Waals surface area contributed by atoms with Gasteiger partial charge in [0.2, 0.25) is 0 Å². The van der Waals surface area contributed by atoms with Crippen LogP contribution in [0.4, 0.5) is 61.3 Å². The fourth-order valence-corrected chi connectivity index (χ4v) is 13.7. The highest BCUT2D eigenvalue weighted by atomic mass is 19.4. The maximum atomic E-state index is 15.8. The monoisotopic (exact) mass is 1390 g/mol. The van der Waals surface area contributed by atoms with Crippen LogP contribution in [-0.2, 0) is 50.2 Å². The number of ether oxygens (including phenoxy) is 3. The highest BCUT2D eigenvalue weighted by molar-refractivity contribution is 6.42. The van der Waals surface area contributed by atoms with Gasteiger partial charge in [0.1, 0.15) is 16.9 Å². The molecule has 10 aromatic rings. The number of para-hydroxylation sites is 1. The molecule has 0 bridgehead atoms. The Kier molecular flexibility index (Phi) is 16.7. The summed E-state index contributed by atoms with van der Waals surface area (Å²) in [7, 11) is -3.20. The van der Waals surface area contributed by atoms with E-state index in [1.54, 1.807) is 39.8 Å². The number of aliphatic imine (C=N–C) groups is 1. The van der Waals surface area contributed by atoms with Crippen molar-refractivity contribution in [1.82, 2.24) is 9.05 Å². The second-order valence-electron chi connectivity index (χ2n) is 24.8. The van der Waals surface area contributed by atoms with Gasteiger partial charge in [0.05, 0.1) is 70.1 Å². The lowest BCUT2D eigenvalue weighted by molar-refractivity contribution is -0.144. The van der Waals surface area contributed by atoms with Gasteiger partial charge >= 0.3 is 50.0 Å². The van der Waals surface area contributed by atoms with Gasteiger partial charge in [-0.05, 0) is 208 Å². The standard InChI is InChI=1S/C73H52BF14N3O9/c1-7-97-68(95)56-32(3)63(89-34(56)5)62(64-33(4)57(69(96)98-8-2)35(6)91(64)74(87)88)59-48(37-15-16-37)28-46(29-49(59)38-17-18-38)99-55(92)21-36-13-19-45(20-14-36)90-66(93)52-30-50(39-22-41(70(75,76)77)26-42(23-39)71(78,79)80)58-47-11-9-10-12-54(47)100-65-51(31-53(67(90)94)60(52)61(58)65)40-24-43(72(81,82)83)27-44(25-40)73(84,85)86/h9-14,19-20,22-31,37-38H,7-8,15-18,21H2,1-6H3/b63-62-. The third-order valence-corrected chi connectivity index (χ3v) is 18.3. The van der Waals surface area contributed by atoms with E-state index in [-0.39, 0.29) is 121 Å². The number of aromatic nitrogens is 2. The number of pyridine rings is 1. The Bertz CT molecular complexity index is 5240. The summed E-state index contributed by atoms with van der Waals surface area (Å²) in [5.74, 6) is -2.74. The van der Waals surface area contributed by atoms with Crippen molar-refractivity contribution in [3.63, 3.8) is 0 Å². The van der Waals surface area contributed by atoms with Gasteiger partial charge in [0, 0.05) is 54.8 Å². The van der Waals surface area contributed by atoms with Crippen molar-refractivity contribution in [1.29, 1.82) is 0 Å². The SMILES string of the molecule is CCOC(=O)C1=C(C)/C(=C(\c2c(C3CC3)cc(OC(=O)Cc3ccc(-n4c(=O)c5cc(-c6cc(C(F)(F)F)cc(C(F)(F)F)c6)c6oc7ccccc7c7c(-c8cc(C(F)(F)F)cc(C(F)(F)F)c8)cc(c4=O)c5c67)cc3)cc2C2CC2)c2c(C)c(C(=O)OCC)c(C)n2B(F)F)N=C1C. The Morgan fingerprint density at radius 1 is 0.590 bits per heavy atom. The smallest absolute Gasteiger partial charge is 0.462 e. The number of allylic oxidation sites excluding steroid dienone is 1. The number of carbonyl (C=O) groups excluding carboxylic acids is 3. The molecule has 100 heavy (non-hydrogen) atoms. The minimum atomic E-state index is -5.43. The van der Waals surface area contributed by atoms with E-state index in [1.807, 2.05) is 0 Å². The number of halogens is 14. The average Bonchev–Trinajstić information content (AvgIpc) is 1.48. The topological polar surface area (TPSA) is 148 Å². The minimum Gasteiger partial charge on any atom is -0.462 e. The normalized spacial score (nSPS) is 15.2. The lowest BCUT2D eigenvalue weighted by atomic mass is 9.84. The van der Waals surface area contributed by atoms with Crippen molar-refractivity contribution < 1.29 is 94.3 Å². The first-order valence-corrected chi connectivity index (χ1v) is 31.4. The molecule has 13 rings (SSSR count). The number of alkyl halides is 12. The predicted octanol–water partition coefficient (Wildman–Crippen LogP) is 18.6. The number of rotatable bonds is 15. The van der Waals surface area contributed by atoms with Gasteiger partial charge in [0.25, 0.3) is 11.1 Å². The molecule has 7 aromatic carbocycles. The van der Waals surface area contributed by atoms with E-state index >= 15 is 18.2 Å². The van der Waals surface area contributed by atoms with Gasteiger partial charge in [-0.1, -0.05) is 30.3 Å². The zero-order chi connectivity index (χ0) is 71.9. The first-order valence-electron chi connectivity index (χ1n) is 31.4. The molecule has 0 unspecified atom stereocenters. The van der Waals surface area contributed by atoms with Crippen molar-refractivity contribution >= 4 is 80.1 Å². The molecule has 4 heterocycles. The summed E-state index contributed by atoms with van der Waals surface area (Å²) in [5, 5.41) is -2.31. The van der Waals surface area contributed by atoms with Crippen LogP contribution in [0.5, 0.6) is 5.75 Å². The lowest BCUT2D eigenvalue weighted by Gasteiger charge is -2.23. The molecule has 1 aliphatic heterocycles. The van der Waals surface area contributed by atoms with E-state index in [0.29, 0.717) is 76.8 Å². The van der Waals surface area contributed by atoms with E-state index in [2.05, 4.69) is 0 Å². The van der Waals surface area contributed by atoms with Crippen LogP contribution in [0, 0.1) is 13.8 Å². The second-order valence-corrected chi connectivity index (χ2v) is 24.8. The summed E-state index contributed by atoms with van der Waals surface area (Å²) in [5.41, 5.74) is -10.8. The fourth-order valence-electron chi connectivity index (χ4n) is 13.7. The molecule has 3 aliphatic rings. The molecule has 12 nitrogen and oxygen atoms in total. The molecule has 0 radical (unpaired) electrons. The number of hydrogen-bond donors (Lipinski definition) is 0. The van der Waals surface area contributed by atoms with E-state index in [0.717, 1.165) is 16.6 Å². The zero-order valence-electron chi connectivity index (χ0n) is 53.4. The molecule has 2 aliphatic carbocycles. The first kappa shape index (κ1) is 68.2. The fraction of sp³-hybridized carbons (Fsp3) is 0.260. The van der Waals surface area contributed by atoms with Gasteiger partial charge in [-0.2, -0.15) is 52.7 Å². The number of carbonyl (C=O) groups is 3. The largest absolute Gasteiger partial charge is 0.677 e. The molecule has 514 valence electrons. The third kappa shape index (κ3) is 12.0. The van der Waals surface area contributed by atoms with Crippen LogP contribution in [0.3, 0.4) is 0 Å². The molecular weight excluding hydrogens is 1340 g/mol. The van der Waals surface area contributed by atoms with Crippen LogP contribution >= 0.6 is 0 Å². The first-order chi connectivity index (χ1) is 47.1. The Morgan fingerprint density at radius 3 is 1.59 bits per heavy atom. The second kappa shape index (κ2) is 24.5. The van der Waals surface area contributed by atoms with Gasteiger partial charge in [-0.15, -0.1) is 0 Å².